The highest BCUT2D eigenvalue weighted by atomic mass is 35.5. The molecule has 1 amide bonds. The molecule has 0 aromatic heterocycles. The van der Waals surface area contributed by atoms with Crippen molar-refractivity contribution in [3.63, 3.8) is 0 Å². The van der Waals surface area contributed by atoms with Gasteiger partial charge in [0, 0.05) is 24.0 Å². The molecule has 2 atom stereocenters. The van der Waals surface area contributed by atoms with Gasteiger partial charge in [-0.05, 0) is 37.5 Å². The molecule has 2 rings (SSSR count). The van der Waals surface area contributed by atoms with Crippen molar-refractivity contribution in [2.24, 2.45) is 11.7 Å². The second-order valence-corrected chi connectivity index (χ2v) is 6.13. The van der Waals surface area contributed by atoms with E-state index in [9.17, 15) is 4.79 Å². The fourth-order valence-corrected chi connectivity index (χ4v) is 2.91. The van der Waals surface area contributed by atoms with E-state index in [1.54, 1.807) is 17.0 Å². The van der Waals surface area contributed by atoms with E-state index in [0.717, 1.165) is 31.4 Å². The van der Waals surface area contributed by atoms with Crippen molar-refractivity contribution < 1.29 is 9.53 Å². The zero-order valence-corrected chi connectivity index (χ0v) is 14.4. The molecule has 4 nitrogen and oxygen atoms in total. The highest BCUT2D eigenvalue weighted by molar-refractivity contribution is 6.30. The molecule has 0 spiro atoms. The quantitative estimate of drug-likeness (QED) is 0.890. The maximum Gasteiger partial charge on any atom is 0.225 e. The van der Waals surface area contributed by atoms with Gasteiger partial charge in [0.1, 0.15) is 12.4 Å². The Kier molecular flexibility index (Phi) is 8.01. The standard InChI is InChI=1S/C16H23ClN2O2.ClH/c1-19(16(20)12-4-2-6-14(18)10-12)8-9-21-15-7-3-5-13(17)11-15;/h3,5,7,11-12,14H,2,4,6,8-10,18H2,1H3;1H. The van der Waals surface area contributed by atoms with Gasteiger partial charge in [-0.1, -0.05) is 24.1 Å². The van der Waals surface area contributed by atoms with Crippen molar-refractivity contribution >= 4 is 29.9 Å². The number of carbonyl (C=O) groups is 1. The van der Waals surface area contributed by atoms with Crippen molar-refractivity contribution in [1.29, 1.82) is 0 Å². The van der Waals surface area contributed by atoms with E-state index in [1.165, 1.54) is 0 Å². The van der Waals surface area contributed by atoms with Gasteiger partial charge in [0.15, 0.2) is 0 Å². The lowest BCUT2D eigenvalue weighted by Crippen LogP contribution is -2.40. The van der Waals surface area contributed by atoms with Gasteiger partial charge in [0.2, 0.25) is 5.91 Å². The van der Waals surface area contributed by atoms with E-state index >= 15 is 0 Å². The summed E-state index contributed by atoms with van der Waals surface area (Å²) in [5.41, 5.74) is 5.95. The molecule has 1 fully saturated rings. The first-order chi connectivity index (χ1) is 10.1. The second kappa shape index (κ2) is 9.23. The number of carbonyl (C=O) groups excluding carboxylic acids is 1. The number of benzene rings is 1. The lowest BCUT2D eigenvalue weighted by Gasteiger charge is -2.29. The zero-order chi connectivity index (χ0) is 15.2. The summed E-state index contributed by atoms with van der Waals surface area (Å²) in [6.45, 7) is 1.03. The topological polar surface area (TPSA) is 55.6 Å². The Morgan fingerprint density at radius 3 is 2.91 bits per heavy atom. The molecular formula is C16H24Cl2N2O2. The first kappa shape index (κ1) is 19.1. The molecule has 0 aliphatic heterocycles. The predicted molar refractivity (Wildman–Crippen MR) is 91.8 cm³/mol. The molecule has 0 saturated heterocycles. The average Bonchev–Trinajstić information content (AvgIpc) is 2.46. The number of likely N-dealkylation sites (N-methyl/N-ethyl adjacent to an activating group) is 1. The number of hydrogen-bond donors (Lipinski definition) is 1. The van der Waals surface area contributed by atoms with Gasteiger partial charge in [0.05, 0.1) is 6.54 Å². The lowest BCUT2D eigenvalue weighted by atomic mass is 9.85. The molecule has 1 saturated carbocycles. The summed E-state index contributed by atoms with van der Waals surface area (Å²) in [4.78, 5) is 14.1. The second-order valence-electron chi connectivity index (χ2n) is 5.69. The molecule has 1 aromatic rings. The fourth-order valence-electron chi connectivity index (χ4n) is 2.73. The molecule has 22 heavy (non-hydrogen) atoms. The van der Waals surface area contributed by atoms with Crippen LogP contribution in [0, 0.1) is 5.92 Å². The number of hydrogen-bond acceptors (Lipinski definition) is 3. The van der Waals surface area contributed by atoms with Crippen LogP contribution in [0.4, 0.5) is 0 Å². The molecule has 2 unspecified atom stereocenters. The van der Waals surface area contributed by atoms with Crippen LogP contribution in [-0.2, 0) is 4.79 Å². The minimum Gasteiger partial charge on any atom is -0.492 e. The average molecular weight is 347 g/mol. The lowest BCUT2D eigenvalue weighted by molar-refractivity contribution is -0.135. The largest absolute Gasteiger partial charge is 0.492 e. The highest BCUT2D eigenvalue weighted by Gasteiger charge is 2.27. The molecule has 6 heteroatoms. The number of rotatable bonds is 5. The number of halogens is 2. The van der Waals surface area contributed by atoms with Gasteiger partial charge in [-0.2, -0.15) is 0 Å². The maximum absolute atomic E-state index is 12.3. The van der Waals surface area contributed by atoms with Crippen LogP contribution in [0.5, 0.6) is 5.75 Å². The van der Waals surface area contributed by atoms with Gasteiger partial charge < -0.3 is 15.4 Å². The molecule has 0 heterocycles. The third-order valence-corrected chi connectivity index (χ3v) is 4.17. The number of nitrogens with two attached hydrogens (primary N) is 1. The Morgan fingerprint density at radius 1 is 1.45 bits per heavy atom. The van der Waals surface area contributed by atoms with Crippen LogP contribution < -0.4 is 10.5 Å². The molecule has 0 radical (unpaired) electrons. The van der Waals surface area contributed by atoms with Crippen LogP contribution in [0.3, 0.4) is 0 Å². The van der Waals surface area contributed by atoms with Gasteiger partial charge in [-0.15, -0.1) is 12.4 Å². The Morgan fingerprint density at radius 2 is 2.23 bits per heavy atom. The summed E-state index contributed by atoms with van der Waals surface area (Å²) in [6, 6.07) is 7.44. The summed E-state index contributed by atoms with van der Waals surface area (Å²) in [6.07, 6.45) is 3.83. The van der Waals surface area contributed by atoms with Crippen LogP contribution in [0.1, 0.15) is 25.7 Å². The summed E-state index contributed by atoms with van der Waals surface area (Å²) in [7, 11) is 1.82. The fraction of sp³-hybridized carbons (Fsp3) is 0.562. The Labute approximate surface area is 143 Å². The van der Waals surface area contributed by atoms with Crippen LogP contribution in [0.25, 0.3) is 0 Å². The normalized spacial score (nSPS) is 20.9. The summed E-state index contributed by atoms with van der Waals surface area (Å²) in [5.74, 6) is 0.979. The molecule has 2 N–H and O–H groups in total. The molecule has 1 aliphatic carbocycles. The molecule has 0 bridgehead atoms. The highest BCUT2D eigenvalue weighted by Crippen LogP contribution is 2.24. The van der Waals surface area contributed by atoms with Crippen molar-refractivity contribution in [1.82, 2.24) is 4.90 Å². The number of nitrogens with zero attached hydrogens (tertiary/aromatic N) is 1. The molecule has 1 aliphatic rings. The van der Waals surface area contributed by atoms with Crippen molar-refractivity contribution in [3.05, 3.63) is 29.3 Å². The zero-order valence-electron chi connectivity index (χ0n) is 12.8. The van der Waals surface area contributed by atoms with E-state index in [0.29, 0.717) is 18.2 Å². The van der Waals surface area contributed by atoms with E-state index in [1.807, 2.05) is 19.2 Å². The first-order valence-electron chi connectivity index (χ1n) is 7.45. The van der Waals surface area contributed by atoms with E-state index in [4.69, 9.17) is 22.1 Å². The third kappa shape index (κ3) is 5.67. The maximum atomic E-state index is 12.3. The Hall–Kier alpha value is -0.970. The minimum absolute atomic E-state index is 0. The Bertz CT molecular complexity index is 485. The van der Waals surface area contributed by atoms with Gasteiger partial charge in [0.25, 0.3) is 0 Å². The van der Waals surface area contributed by atoms with E-state index in [-0.39, 0.29) is 30.3 Å². The Balaban J connectivity index is 0.00000242. The van der Waals surface area contributed by atoms with Crippen LogP contribution in [0.2, 0.25) is 5.02 Å². The summed E-state index contributed by atoms with van der Waals surface area (Å²) >= 11 is 5.90. The number of ether oxygens (including phenoxy) is 1. The van der Waals surface area contributed by atoms with E-state index < -0.39 is 0 Å². The smallest absolute Gasteiger partial charge is 0.225 e. The van der Waals surface area contributed by atoms with Crippen LogP contribution in [0.15, 0.2) is 24.3 Å². The van der Waals surface area contributed by atoms with Gasteiger partial charge in [-0.25, -0.2) is 0 Å². The number of amides is 1. The van der Waals surface area contributed by atoms with Gasteiger partial charge >= 0.3 is 0 Å². The third-order valence-electron chi connectivity index (χ3n) is 3.93. The molecule has 1 aromatic carbocycles. The van der Waals surface area contributed by atoms with E-state index in [2.05, 4.69) is 0 Å². The van der Waals surface area contributed by atoms with Crippen molar-refractivity contribution in [3.8, 4) is 5.75 Å². The summed E-state index contributed by atoms with van der Waals surface area (Å²) in [5, 5.41) is 0.646. The van der Waals surface area contributed by atoms with Crippen LogP contribution in [-0.4, -0.2) is 37.0 Å². The molecule has 124 valence electrons. The SMILES string of the molecule is CN(CCOc1cccc(Cl)c1)C(=O)C1CCCC(N)C1.Cl. The van der Waals surface area contributed by atoms with Crippen molar-refractivity contribution in [2.75, 3.05) is 20.2 Å². The van der Waals surface area contributed by atoms with Crippen LogP contribution >= 0.6 is 24.0 Å². The monoisotopic (exact) mass is 346 g/mol. The predicted octanol–water partition coefficient (Wildman–Crippen LogP) is 3.12. The first-order valence-corrected chi connectivity index (χ1v) is 7.83. The van der Waals surface area contributed by atoms with Gasteiger partial charge in [-0.3, -0.25) is 4.79 Å². The van der Waals surface area contributed by atoms with Crippen molar-refractivity contribution in [2.45, 2.75) is 31.7 Å². The molecular weight excluding hydrogens is 323 g/mol. The minimum atomic E-state index is 0. The summed E-state index contributed by atoms with van der Waals surface area (Å²) < 4.78 is 5.61.